The van der Waals surface area contributed by atoms with Gasteiger partial charge in [0.05, 0.1) is 0 Å². The average Bonchev–Trinajstić information content (AvgIpc) is 2.79. The zero-order chi connectivity index (χ0) is 22.2. The van der Waals surface area contributed by atoms with E-state index in [2.05, 4.69) is 42.9 Å². The molecule has 1 heterocycles. The molecule has 0 N–H and O–H groups in total. The number of nitrogens with zero attached hydrogens (tertiary/aromatic N) is 1. The van der Waals surface area contributed by atoms with Crippen molar-refractivity contribution in [2.45, 2.75) is 162 Å². The predicted octanol–water partition coefficient (Wildman–Crippen LogP) is 9.75. The van der Waals surface area contributed by atoms with E-state index >= 15 is 0 Å². The molecule has 31 heavy (non-hydrogen) atoms. The summed E-state index contributed by atoms with van der Waals surface area (Å²) in [5.74, 6) is 0. The van der Waals surface area contributed by atoms with E-state index in [9.17, 15) is 0 Å². The molecule has 0 bridgehead atoms. The summed E-state index contributed by atoms with van der Waals surface area (Å²) in [6.07, 6.45) is 35.8. The van der Waals surface area contributed by atoms with Gasteiger partial charge in [0.2, 0.25) is 0 Å². The molecule has 1 heteroatoms. The third kappa shape index (κ3) is 18.4. The molecule has 0 amide bonds. The third-order valence-corrected chi connectivity index (χ3v) is 6.80. The van der Waals surface area contributed by atoms with Crippen LogP contribution in [0.15, 0.2) is 24.5 Å². The maximum atomic E-state index is 2.38. The van der Waals surface area contributed by atoms with Crippen LogP contribution in [-0.2, 0) is 13.0 Å². The molecule has 1 nitrogen and oxygen atoms in total. The van der Waals surface area contributed by atoms with Crippen molar-refractivity contribution >= 4 is 0 Å². The molecule has 0 fully saturated rings. The van der Waals surface area contributed by atoms with Crippen LogP contribution in [0.3, 0.4) is 0 Å². The summed E-state index contributed by atoms with van der Waals surface area (Å²) in [5, 5.41) is 0. The van der Waals surface area contributed by atoms with Crippen molar-refractivity contribution in [3.8, 4) is 0 Å². The van der Waals surface area contributed by atoms with E-state index in [0.717, 1.165) is 0 Å². The minimum atomic E-state index is 1.19. The summed E-state index contributed by atoms with van der Waals surface area (Å²) in [5.41, 5.74) is 1.51. The summed E-state index contributed by atoms with van der Waals surface area (Å²) in [7, 11) is 0. The van der Waals surface area contributed by atoms with E-state index in [1.807, 2.05) is 0 Å². The molecule has 0 aliphatic rings. The van der Waals surface area contributed by atoms with E-state index in [0.29, 0.717) is 0 Å². The smallest absolute Gasteiger partial charge is 0.169 e. The summed E-state index contributed by atoms with van der Waals surface area (Å²) in [6.45, 7) is 5.78. The van der Waals surface area contributed by atoms with Crippen LogP contribution in [-0.4, -0.2) is 0 Å². The summed E-state index contributed by atoms with van der Waals surface area (Å²) in [6, 6.07) is 4.68. The normalized spacial score (nSPS) is 11.3. The average molecular weight is 431 g/mol. The van der Waals surface area contributed by atoms with E-state index < -0.39 is 0 Å². The van der Waals surface area contributed by atoms with Crippen LogP contribution in [0.2, 0.25) is 0 Å². The maximum Gasteiger partial charge on any atom is 0.169 e. The van der Waals surface area contributed by atoms with Crippen molar-refractivity contribution in [3.63, 3.8) is 0 Å². The molecule has 180 valence electrons. The molecular formula is C30H56N+. The Hall–Kier alpha value is -0.850. The Morgan fingerprint density at radius 3 is 1.23 bits per heavy atom. The van der Waals surface area contributed by atoms with Gasteiger partial charge in [-0.3, -0.25) is 0 Å². The van der Waals surface area contributed by atoms with Gasteiger partial charge in [0, 0.05) is 18.6 Å². The van der Waals surface area contributed by atoms with Crippen molar-refractivity contribution in [2.24, 2.45) is 0 Å². The Balaban J connectivity index is 1.83. The molecule has 0 spiro atoms. The summed E-state index contributed by atoms with van der Waals surface area (Å²) >= 11 is 0. The van der Waals surface area contributed by atoms with Crippen LogP contribution < -0.4 is 4.57 Å². The molecule has 0 atom stereocenters. The van der Waals surface area contributed by atoms with E-state index in [4.69, 9.17) is 0 Å². The molecule has 0 radical (unpaired) electrons. The van der Waals surface area contributed by atoms with E-state index in [-0.39, 0.29) is 0 Å². The lowest BCUT2D eigenvalue weighted by Gasteiger charge is -2.03. The van der Waals surface area contributed by atoms with Gasteiger partial charge >= 0.3 is 0 Å². The predicted molar refractivity (Wildman–Crippen MR) is 139 cm³/mol. The topological polar surface area (TPSA) is 3.88 Å². The first-order valence-corrected chi connectivity index (χ1v) is 14.3. The maximum absolute atomic E-state index is 2.38. The monoisotopic (exact) mass is 430 g/mol. The van der Waals surface area contributed by atoms with Crippen molar-refractivity contribution in [3.05, 3.63) is 30.1 Å². The first kappa shape index (κ1) is 28.2. The lowest BCUT2D eigenvalue weighted by atomic mass is 10.0. The second-order valence-electron chi connectivity index (χ2n) is 9.91. The number of hydrogen-bond acceptors (Lipinski definition) is 0. The van der Waals surface area contributed by atoms with E-state index in [1.165, 1.54) is 153 Å². The number of aryl methyl sites for hydroxylation is 2. The molecule has 0 unspecified atom stereocenters. The molecule has 0 aliphatic carbocycles. The lowest BCUT2D eigenvalue weighted by molar-refractivity contribution is -0.697. The van der Waals surface area contributed by atoms with Gasteiger partial charge in [0.1, 0.15) is 6.54 Å². The molecule has 0 aliphatic heterocycles. The lowest BCUT2D eigenvalue weighted by Crippen LogP contribution is -2.32. The van der Waals surface area contributed by atoms with Crippen LogP contribution in [0.1, 0.15) is 154 Å². The Bertz CT molecular complexity index is 464. The van der Waals surface area contributed by atoms with Crippen LogP contribution in [0.5, 0.6) is 0 Å². The highest BCUT2D eigenvalue weighted by atomic mass is 14.9. The first-order valence-electron chi connectivity index (χ1n) is 14.3. The molecular weight excluding hydrogens is 374 g/mol. The van der Waals surface area contributed by atoms with Gasteiger partial charge in [-0.25, -0.2) is 4.57 Å². The van der Waals surface area contributed by atoms with Crippen LogP contribution in [0.4, 0.5) is 0 Å². The molecule has 0 saturated carbocycles. The highest BCUT2D eigenvalue weighted by molar-refractivity contribution is 5.07. The molecule has 0 aromatic carbocycles. The minimum Gasteiger partial charge on any atom is -0.205 e. The van der Waals surface area contributed by atoms with Gasteiger partial charge in [-0.1, -0.05) is 129 Å². The van der Waals surface area contributed by atoms with Gasteiger partial charge in [-0.2, -0.15) is 0 Å². The van der Waals surface area contributed by atoms with E-state index in [1.54, 1.807) is 0 Å². The fraction of sp³-hybridized carbons (Fsp3) is 0.833. The van der Waals surface area contributed by atoms with Crippen LogP contribution >= 0.6 is 0 Å². The number of hydrogen-bond donors (Lipinski definition) is 0. The Kier molecular flexibility index (Phi) is 20.3. The van der Waals surface area contributed by atoms with Crippen molar-refractivity contribution < 1.29 is 4.57 Å². The quantitative estimate of drug-likeness (QED) is 0.120. The summed E-state index contributed by atoms with van der Waals surface area (Å²) < 4.78 is 2.38. The van der Waals surface area contributed by atoms with Gasteiger partial charge in [-0.15, -0.1) is 0 Å². The minimum absolute atomic E-state index is 1.19. The van der Waals surface area contributed by atoms with Crippen LogP contribution in [0.25, 0.3) is 0 Å². The first-order chi connectivity index (χ1) is 15.4. The number of unbranched alkanes of at least 4 members (excludes halogenated alkanes) is 19. The summed E-state index contributed by atoms with van der Waals surface area (Å²) in [4.78, 5) is 0. The fourth-order valence-corrected chi connectivity index (χ4v) is 4.58. The molecule has 1 rings (SSSR count). The largest absolute Gasteiger partial charge is 0.205 e. The zero-order valence-corrected chi connectivity index (χ0v) is 21.5. The third-order valence-electron chi connectivity index (χ3n) is 6.80. The number of rotatable bonds is 23. The SMILES string of the molecule is CCCCCCCCCCCCCCCCCC[n+]1ccc(CCCCCCC)cc1. The number of pyridine rings is 1. The molecule has 1 aromatic heterocycles. The standard InChI is InChI=1S/C30H56N/c1-3-5-7-9-10-11-12-13-14-15-16-17-18-19-21-23-27-31-28-25-30(26-29-31)24-22-20-8-6-4-2/h25-26,28-29H,3-24,27H2,1-2H3/q+1. The van der Waals surface area contributed by atoms with Gasteiger partial charge in [0.25, 0.3) is 0 Å². The fourth-order valence-electron chi connectivity index (χ4n) is 4.58. The van der Waals surface area contributed by atoms with Crippen LogP contribution in [0, 0.1) is 0 Å². The molecule has 0 saturated heterocycles. The Morgan fingerprint density at radius 1 is 0.452 bits per heavy atom. The van der Waals surface area contributed by atoms with Crippen molar-refractivity contribution in [1.82, 2.24) is 0 Å². The second kappa shape index (κ2) is 22.3. The second-order valence-corrected chi connectivity index (χ2v) is 9.91. The van der Waals surface area contributed by atoms with Gasteiger partial charge in [-0.05, 0) is 24.8 Å². The van der Waals surface area contributed by atoms with Gasteiger partial charge in [0.15, 0.2) is 12.4 Å². The van der Waals surface area contributed by atoms with Crippen molar-refractivity contribution in [1.29, 1.82) is 0 Å². The molecule has 1 aromatic rings. The highest BCUT2D eigenvalue weighted by Gasteiger charge is 2.02. The Labute approximate surface area is 196 Å². The zero-order valence-electron chi connectivity index (χ0n) is 21.5. The van der Waals surface area contributed by atoms with Gasteiger partial charge < -0.3 is 0 Å². The highest BCUT2D eigenvalue weighted by Crippen LogP contribution is 2.14. The van der Waals surface area contributed by atoms with Crippen molar-refractivity contribution in [2.75, 3.05) is 0 Å². The Morgan fingerprint density at radius 2 is 0.806 bits per heavy atom. The number of aromatic nitrogens is 1.